The third kappa shape index (κ3) is 8.06. The summed E-state index contributed by atoms with van der Waals surface area (Å²) >= 11 is 0. The molecule has 1 fully saturated rings. The highest BCUT2D eigenvalue weighted by atomic mass is 16.5. The van der Waals surface area contributed by atoms with Crippen molar-refractivity contribution in [1.82, 2.24) is 4.90 Å². The molecule has 0 saturated heterocycles. The standard InChI is InChI=1S/C27H36N2O5/c1-4-33-25(26(30)31)17-20-7-13-24(14-8-20)34-16-15-29(18-21-5-6-21)27(32)28-23-11-9-22(10-12-23)19(2)3/h7-14,19,21,25H,4-6,15-18H2,1-3H3,(H,28,32)(H,30,31). The Kier molecular flexibility index (Phi) is 9.33. The zero-order valence-electron chi connectivity index (χ0n) is 20.3. The van der Waals surface area contributed by atoms with Crippen LogP contribution in [0.1, 0.15) is 50.7 Å². The topological polar surface area (TPSA) is 88.1 Å². The number of urea groups is 1. The summed E-state index contributed by atoms with van der Waals surface area (Å²) in [5.41, 5.74) is 2.90. The van der Waals surface area contributed by atoms with Gasteiger partial charge in [-0.2, -0.15) is 0 Å². The molecule has 7 heteroatoms. The number of carboxylic acids is 1. The Labute approximate surface area is 202 Å². The average molecular weight is 469 g/mol. The van der Waals surface area contributed by atoms with Gasteiger partial charge in [0.15, 0.2) is 6.10 Å². The monoisotopic (exact) mass is 468 g/mol. The highest BCUT2D eigenvalue weighted by molar-refractivity contribution is 5.89. The first-order chi connectivity index (χ1) is 16.4. The van der Waals surface area contributed by atoms with Crippen molar-refractivity contribution in [3.8, 4) is 5.75 Å². The molecular weight excluding hydrogens is 432 g/mol. The van der Waals surface area contributed by atoms with Crippen molar-refractivity contribution >= 4 is 17.7 Å². The minimum absolute atomic E-state index is 0.112. The molecule has 2 N–H and O–H groups in total. The van der Waals surface area contributed by atoms with Gasteiger partial charge in [0.2, 0.25) is 0 Å². The number of hydrogen-bond donors (Lipinski definition) is 2. The number of amides is 2. The Balaban J connectivity index is 1.50. The summed E-state index contributed by atoms with van der Waals surface area (Å²) in [6, 6.07) is 15.2. The van der Waals surface area contributed by atoms with E-state index in [2.05, 4.69) is 19.2 Å². The van der Waals surface area contributed by atoms with Crippen LogP contribution in [0.15, 0.2) is 48.5 Å². The molecule has 184 valence electrons. The van der Waals surface area contributed by atoms with Crippen LogP contribution in [0, 0.1) is 5.92 Å². The molecule has 2 aromatic carbocycles. The molecule has 1 saturated carbocycles. The van der Waals surface area contributed by atoms with E-state index in [4.69, 9.17) is 9.47 Å². The molecule has 2 amide bonds. The predicted molar refractivity (Wildman–Crippen MR) is 133 cm³/mol. The Hall–Kier alpha value is -3.06. The lowest BCUT2D eigenvalue weighted by molar-refractivity contribution is -0.149. The molecule has 0 radical (unpaired) electrons. The number of aliphatic carboxylic acids is 1. The summed E-state index contributed by atoms with van der Waals surface area (Å²) < 4.78 is 11.1. The third-order valence-corrected chi connectivity index (χ3v) is 5.91. The molecule has 0 heterocycles. The summed E-state index contributed by atoms with van der Waals surface area (Å²) in [6.45, 7) is 8.01. The molecule has 1 aliphatic rings. The molecule has 1 aliphatic carbocycles. The molecule has 0 aliphatic heterocycles. The molecule has 3 rings (SSSR count). The molecule has 1 unspecified atom stereocenters. The van der Waals surface area contributed by atoms with Crippen molar-refractivity contribution in [3.63, 3.8) is 0 Å². The van der Waals surface area contributed by atoms with E-state index in [1.807, 2.05) is 53.4 Å². The second kappa shape index (κ2) is 12.4. The predicted octanol–water partition coefficient (Wildman–Crippen LogP) is 5.17. The van der Waals surface area contributed by atoms with Crippen LogP contribution in [0.4, 0.5) is 10.5 Å². The van der Waals surface area contributed by atoms with Gasteiger partial charge in [0.1, 0.15) is 12.4 Å². The van der Waals surface area contributed by atoms with Crippen molar-refractivity contribution < 1.29 is 24.2 Å². The summed E-state index contributed by atoms with van der Waals surface area (Å²) in [7, 11) is 0. The first-order valence-corrected chi connectivity index (χ1v) is 12.1. The SMILES string of the molecule is CCOC(Cc1ccc(OCCN(CC2CC2)C(=O)Nc2ccc(C(C)C)cc2)cc1)C(=O)O. The number of hydrogen-bond acceptors (Lipinski definition) is 4. The number of nitrogens with zero attached hydrogens (tertiary/aromatic N) is 1. The van der Waals surface area contributed by atoms with E-state index < -0.39 is 12.1 Å². The fourth-order valence-corrected chi connectivity index (χ4v) is 3.67. The fourth-order valence-electron chi connectivity index (χ4n) is 3.67. The number of ether oxygens (including phenoxy) is 2. The van der Waals surface area contributed by atoms with E-state index in [0.29, 0.717) is 43.8 Å². The maximum absolute atomic E-state index is 12.9. The summed E-state index contributed by atoms with van der Waals surface area (Å²) in [5.74, 6) is 0.738. The van der Waals surface area contributed by atoms with Crippen molar-refractivity contribution in [2.75, 3.05) is 31.6 Å². The lowest BCUT2D eigenvalue weighted by Crippen LogP contribution is -2.39. The first kappa shape index (κ1) is 25.6. The quantitative estimate of drug-likeness (QED) is 0.424. The molecule has 0 spiro atoms. The van der Waals surface area contributed by atoms with Crippen LogP contribution in [0.25, 0.3) is 0 Å². The summed E-state index contributed by atoms with van der Waals surface area (Å²) in [6.07, 6.45) is 1.77. The minimum Gasteiger partial charge on any atom is -0.492 e. The Morgan fingerprint density at radius 1 is 1.09 bits per heavy atom. The van der Waals surface area contributed by atoms with Gasteiger partial charge in [-0.3, -0.25) is 0 Å². The molecule has 7 nitrogen and oxygen atoms in total. The van der Waals surface area contributed by atoms with Gasteiger partial charge in [0.05, 0.1) is 6.54 Å². The van der Waals surface area contributed by atoms with Gasteiger partial charge in [0, 0.05) is 25.3 Å². The molecule has 1 atom stereocenters. The molecule has 2 aromatic rings. The van der Waals surface area contributed by atoms with Gasteiger partial charge < -0.3 is 24.8 Å². The van der Waals surface area contributed by atoms with Crippen LogP contribution in [-0.4, -0.2) is 54.4 Å². The van der Waals surface area contributed by atoms with Crippen LogP contribution in [0.5, 0.6) is 5.75 Å². The average Bonchev–Trinajstić information content (AvgIpc) is 3.63. The highest BCUT2D eigenvalue weighted by Gasteiger charge is 2.27. The normalized spacial score (nSPS) is 14.0. The number of nitrogens with one attached hydrogen (secondary N) is 1. The summed E-state index contributed by atoms with van der Waals surface area (Å²) in [5, 5.41) is 12.2. The van der Waals surface area contributed by atoms with E-state index in [0.717, 1.165) is 30.6 Å². The van der Waals surface area contributed by atoms with Crippen LogP contribution in [0.2, 0.25) is 0 Å². The number of rotatable bonds is 13. The molecule has 34 heavy (non-hydrogen) atoms. The number of anilines is 1. The number of benzene rings is 2. The second-order valence-corrected chi connectivity index (χ2v) is 9.08. The van der Waals surface area contributed by atoms with E-state index in [-0.39, 0.29) is 6.03 Å². The van der Waals surface area contributed by atoms with Crippen molar-refractivity contribution in [2.45, 2.75) is 52.1 Å². The largest absolute Gasteiger partial charge is 0.492 e. The lowest BCUT2D eigenvalue weighted by atomic mass is 10.0. The van der Waals surface area contributed by atoms with Crippen LogP contribution < -0.4 is 10.1 Å². The van der Waals surface area contributed by atoms with E-state index in [1.165, 1.54) is 5.56 Å². The highest BCUT2D eigenvalue weighted by Crippen LogP contribution is 2.30. The molecular formula is C27H36N2O5. The first-order valence-electron chi connectivity index (χ1n) is 12.1. The van der Waals surface area contributed by atoms with Gasteiger partial charge >= 0.3 is 12.0 Å². The van der Waals surface area contributed by atoms with Gasteiger partial charge in [0.25, 0.3) is 0 Å². The Morgan fingerprint density at radius 3 is 2.32 bits per heavy atom. The van der Waals surface area contributed by atoms with Gasteiger partial charge in [-0.05, 0) is 67.0 Å². The lowest BCUT2D eigenvalue weighted by Gasteiger charge is -2.23. The van der Waals surface area contributed by atoms with Gasteiger partial charge in [-0.1, -0.05) is 38.1 Å². The van der Waals surface area contributed by atoms with Gasteiger partial charge in [-0.25, -0.2) is 9.59 Å². The second-order valence-electron chi connectivity index (χ2n) is 9.08. The van der Waals surface area contributed by atoms with Crippen molar-refractivity contribution in [3.05, 3.63) is 59.7 Å². The smallest absolute Gasteiger partial charge is 0.333 e. The van der Waals surface area contributed by atoms with Crippen LogP contribution in [-0.2, 0) is 16.0 Å². The zero-order valence-corrected chi connectivity index (χ0v) is 20.3. The summed E-state index contributed by atoms with van der Waals surface area (Å²) in [4.78, 5) is 26.0. The Morgan fingerprint density at radius 2 is 1.76 bits per heavy atom. The van der Waals surface area contributed by atoms with E-state index in [1.54, 1.807) is 6.92 Å². The maximum atomic E-state index is 12.9. The van der Waals surface area contributed by atoms with Crippen molar-refractivity contribution in [1.29, 1.82) is 0 Å². The number of carbonyl (C=O) groups is 2. The number of carbonyl (C=O) groups excluding carboxylic acids is 1. The molecule has 0 bridgehead atoms. The third-order valence-electron chi connectivity index (χ3n) is 5.91. The van der Waals surface area contributed by atoms with Crippen LogP contribution in [0.3, 0.4) is 0 Å². The van der Waals surface area contributed by atoms with Crippen LogP contribution >= 0.6 is 0 Å². The molecule has 0 aromatic heterocycles. The minimum atomic E-state index is -0.966. The van der Waals surface area contributed by atoms with E-state index in [9.17, 15) is 14.7 Å². The van der Waals surface area contributed by atoms with Gasteiger partial charge in [-0.15, -0.1) is 0 Å². The number of carboxylic acid groups (broad SMARTS) is 1. The van der Waals surface area contributed by atoms with E-state index >= 15 is 0 Å². The maximum Gasteiger partial charge on any atom is 0.333 e. The Bertz CT molecular complexity index is 923. The zero-order chi connectivity index (χ0) is 24.5. The fraction of sp³-hybridized carbons (Fsp3) is 0.481. The van der Waals surface area contributed by atoms with Crippen molar-refractivity contribution in [2.24, 2.45) is 5.92 Å².